The van der Waals surface area contributed by atoms with Gasteiger partial charge in [0.05, 0.1) is 5.54 Å². The molecule has 1 saturated heterocycles. The second-order valence-electron chi connectivity index (χ2n) is 6.28. The summed E-state index contributed by atoms with van der Waals surface area (Å²) in [4.78, 5) is 16.9. The minimum atomic E-state index is -0.484. The molecule has 1 amide bonds. The summed E-state index contributed by atoms with van der Waals surface area (Å²) < 4.78 is 0. The van der Waals surface area contributed by atoms with Crippen molar-refractivity contribution in [2.45, 2.75) is 56.5 Å². The Morgan fingerprint density at radius 1 is 1.00 bits per heavy atom. The Balaban J connectivity index is 1.56. The van der Waals surface area contributed by atoms with Crippen molar-refractivity contribution in [3.63, 3.8) is 0 Å². The molecule has 0 radical (unpaired) electrons. The summed E-state index contributed by atoms with van der Waals surface area (Å²) in [5, 5.41) is 0. The van der Waals surface area contributed by atoms with E-state index in [0.717, 1.165) is 51.5 Å². The molecule has 18 heavy (non-hydrogen) atoms. The Labute approximate surface area is 109 Å². The van der Waals surface area contributed by atoms with Crippen LogP contribution < -0.4 is 5.73 Å². The van der Waals surface area contributed by atoms with Crippen molar-refractivity contribution < 1.29 is 4.79 Å². The molecule has 0 atom stereocenters. The van der Waals surface area contributed by atoms with E-state index < -0.39 is 5.54 Å². The maximum absolute atomic E-state index is 12.2. The van der Waals surface area contributed by atoms with Crippen LogP contribution in [0.5, 0.6) is 0 Å². The van der Waals surface area contributed by atoms with Crippen molar-refractivity contribution in [1.29, 1.82) is 0 Å². The van der Waals surface area contributed by atoms with Gasteiger partial charge in [-0.3, -0.25) is 9.69 Å². The number of hydrogen-bond acceptors (Lipinski definition) is 3. The van der Waals surface area contributed by atoms with Crippen LogP contribution in [-0.4, -0.2) is 53.5 Å². The van der Waals surface area contributed by atoms with Gasteiger partial charge in [-0.1, -0.05) is 12.8 Å². The number of rotatable bonds is 2. The molecule has 0 aromatic carbocycles. The summed E-state index contributed by atoms with van der Waals surface area (Å²) in [7, 11) is 0. The molecule has 3 fully saturated rings. The average molecular weight is 251 g/mol. The Hall–Kier alpha value is -0.610. The van der Waals surface area contributed by atoms with Gasteiger partial charge in [0.1, 0.15) is 0 Å². The second-order valence-corrected chi connectivity index (χ2v) is 6.28. The fraction of sp³-hybridized carbons (Fsp3) is 0.929. The van der Waals surface area contributed by atoms with E-state index in [1.54, 1.807) is 0 Å². The van der Waals surface area contributed by atoms with Crippen molar-refractivity contribution in [2.24, 2.45) is 5.73 Å². The highest BCUT2D eigenvalue weighted by Gasteiger charge is 2.48. The fourth-order valence-corrected chi connectivity index (χ4v) is 3.44. The van der Waals surface area contributed by atoms with Gasteiger partial charge in [0.2, 0.25) is 5.91 Å². The molecule has 1 heterocycles. The normalized spacial score (nSPS) is 29.3. The quantitative estimate of drug-likeness (QED) is 0.795. The lowest BCUT2D eigenvalue weighted by Crippen LogP contribution is -2.47. The molecule has 3 aliphatic rings. The third-order valence-corrected chi connectivity index (χ3v) is 4.87. The summed E-state index contributed by atoms with van der Waals surface area (Å²) in [6.07, 6.45) is 8.36. The van der Waals surface area contributed by atoms with E-state index in [9.17, 15) is 4.79 Å². The van der Waals surface area contributed by atoms with E-state index in [-0.39, 0.29) is 5.91 Å². The monoisotopic (exact) mass is 251 g/mol. The molecule has 0 aromatic heterocycles. The molecule has 1 aliphatic heterocycles. The number of nitrogens with zero attached hydrogens (tertiary/aromatic N) is 2. The smallest absolute Gasteiger partial charge is 0.242 e. The van der Waals surface area contributed by atoms with E-state index in [4.69, 9.17) is 5.73 Å². The summed E-state index contributed by atoms with van der Waals surface area (Å²) >= 11 is 0. The van der Waals surface area contributed by atoms with Gasteiger partial charge >= 0.3 is 0 Å². The van der Waals surface area contributed by atoms with Crippen molar-refractivity contribution >= 4 is 5.91 Å². The number of nitrogens with two attached hydrogens (primary N) is 1. The Bertz CT molecular complexity index is 321. The first-order valence-corrected chi connectivity index (χ1v) is 7.51. The van der Waals surface area contributed by atoms with Gasteiger partial charge in [0, 0.05) is 32.2 Å². The molecule has 4 heteroatoms. The summed E-state index contributed by atoms with van der Waals surface area (Å²) in [6.45, 7) is 3.99. The minimum absolute atomic E-state index is 0.204. The SMILES string of the molecule is NC1(C(=O)N2CCCN(C3CCCC3)CC2)CC1. The number of carbonyl (C=O) groups is 1. The first-order valence-electron chi connectivity index (χ1n) is 7.51. The molecule has 2 saturated carbocycles. The maximum Gasteiger partial charge on any atom is 0.242 e. The van der Waals surface area contributed by atoms with Crippen LogP contribution in [0, 0.1) is 0 Å². The van der Waals surface area contributed by atoms with E-state index in [2.05, 4.69) is 4.90 Å². The van der Waals surface area contributed by atoms with E-state index in [1.165, 1.54) is 25.7 Å². The lowest BCUT2D eigenvalue weighted by molar-refractivity contribution is -0.133. The molecular formula is C14H25N3O. The zero-order chi connectivity index (χ0) is 12.6. The number of amides is 1. The molecule has 0 unspecified atom stereocenters. The largest absolute Gasteiger partial charge is 0.340 e. The lowest BCUT2D eigenvalue weighted by atomic mass is 10.2. The standard InChI is InChI=1S/C14H25N3O/c15-14(6-7-14)13(18)17-9-3-8-16(10-11-17)12-4-1-2-5-12/h12H,1-11,15H2. The van der Waals surface area contributed by atoms with Gasteiger partial charge in [-0.25, -0.2) is 0 Å². The first-order chi connectivity index (χ1) is 8.69. The van der Waals surface area contributed by atoms with Crippen LogP contribution in [0.3, 0.4) is 0 Å². The van der Waals surface area contributed by atoms with Crippen molar-refractivity contribution in [3.8, 4) is 0 Å². The summed E-state index contributed by atoms with van der Waals surface area (Å²) in [5.41, 5.74) is 5.54. The maximum atomic E-state index is 12.2. The average Bonchev–Trinajstić information content (AvgIpc) is 2.98. The summed E-state index contributed by atoms with van der Waals surface area (Å²) in [6, 6.07) is 0.785. The molecule has 0 bridgehead atoms. The van der Waals surface area contributed by atoms with Crippen LogP contribution in [0.15, 0.2) is 0 Å². The third kappa shape index (κ3) is 2.41. The van der Waals surface area contributed by atoms with Gasteiger partial charge in [0.15, 0.2) is 0 Å². The molecule has 2 N–H and O–H groups in total. The van der Waals surface area contributed by atoms with Gasteiger partial charge in [-0.2, -0.15) is 0 Å². The number of hydrogen-bond donors (Lipinski definition) is 1. The number of carbonyl (C=O) groups excluding carboxylic acids is 1. The van der Waals surface area contributed by atoms with Crippen LogP contribution >= 0.6 is 0 Å². The van der Waals surface area contributed by atoms with Gasteiger partial charge in [0.25, 0.3) is 0 Å². The van der Waals surface area contributed by atoms with Crippen LogP contribution in [0.2, 0.25) is 0 Å². The predicted molar refractivity (Wildman–Crippen MR) is 71.2 cm³/mol. The molecule has 4 nitrogen and oxygen atoms in total. The molecule has 2 aliphatic carbocycles. The highest BCUT2D eigenvalue weighted by molar-refractivity contribution is 5.89. The Kier molecular flexibility index (Phi) is 3.32. The summed E-state index contributed by atoms with van der Waals surface area (Å²) in [5.74, 6) is 0.204. The van der Waals surface area contributed by atoms with E-state index in [0.29, 0.717) is 0 Å². The van der Waals surface area contributed by atoms with Crippen LogP contribution in [-0.2, 0) is 4.79 Å². The van der Waals surface area contributed by atoms with Crippen molar-refractivity contribution in [2.75, 3.05) is 26.2 Å². The zero-order valence-corrected chi connectivity index (χ0v) is 11.2. The topological polar surface area (TPSA) is 49.6 Å². The molecule has 102 valence electrons. The second kappa shape index (κ2) is 4.82. The van der Waals surface area contributed by atoms with Crippen LogP contribution in [0.4, 0.5) is 0 Å². The third-order valence-electron chi connectivity index (χ3n) is 4.87. The van der Waals surface area contributed by atoms with Crippen LogP contribution in [0.1, 0.15) is 44.9 Å². The Morgan fingerprint density at radius 3 is 2.39 bits per heavy atom. The fourth-order valence-electron chi connectivity index (χ4n) is 3.44. The Morgan fingerprint density at radius 2 is 1.72 bits per heavy atom. The lowest BCUT2D eigenvalue weighted by Gasteiger charge is -2.28. The molecule has 0 aromatic rings. The predicted octanol–water partition coefficient (Wildman–Crippen LogP) is 0.955. The van der Waals surface area contributed by atoms with Gasteiger partial charge < -0.3 is 10.6 Å². The first kappa shape index (κ1) is 12.4. The zero-order valence-electron chi connectivity index (χ0n) is 11.2. The van der Waals surface area contributed by atoms with Gasteiger partial charge in [-0.15, -0.1) is 0 Å². The van der Waals surface area contributed by atoms with Crippen molar-refractivity contribution in [3.05, 3.63) is 0 Å². The van der Waals surface area contributed by atoms with E-state index >= 15 is 0 Å². The molecule has 0 spiro atoms. The van der Waals surface area contributed by atoms with Crippen molar-refractivity contribution in [1.82, 2.24) is 9.80 Å². The minimum Gasteiger partial charge on any atom is -0.340 e. The molecule has 3 rings (SSSR count). The van der Waals surface area contributed by atoms with Gasteiger partial charge in [-0.05, 0) is 32.1 Å². The van der Waals surface area contributed by atoms with Crippen LogP contribution in [0.25, 0.3) is 0 Å². The molecular weight excluding hydrogens is 226 g/mol. The highest BCUT2D eigenvalue weighted by atomic mass is 16.2. The van der Waals surface area contributed by atoms with E-state index in [1.807, 2.05) is 4.90 Å². The highest BCUT2D eigenvalue weighted by Crippen LogP contribution is 2.34.